The van der Waals surface area contributed by atoms with Crippen molar-refractivity contribution in [3.8, 4) is 0 Å². The Balaban J connectivity index is 2.14. The van der Waals surface area contributed by atoms with Gasteiger partial charge in [0.15, 0.2) is 0 Å². The number of aryl methyl sites for hydroxylation is 4. The van der Waals surface area contributed by atoms with Crippen LogP contribution in [0.1, 0.15) is 39.3 Å². The summed E-state index contributed by atoms with van der Waals surface area (Å²) in [7, 11) is 0. The SMILES string of the molecule is C=CCN(CC=C)C(=O)c1c(C)nc2n1CCC(=O)N2c1c(C)cc(C)cc1C. The topological polar surface area (TPSA) is 58.4 Å². The number of anilines is 2. The van der Waals surface area contributed by atoms with E-state index in [-0.39, 0.29) is 11.8 Å². The van der Waals surface area contributed by atoms with E-state index in [1.807, 2.05) is 32.3 Å². The van der Waals surface area contributed by atoms with E-state index in [2.05, 4.69) is 30.3 Å². The summed E-state index contributed by atoms with van der Waals surface area (Å²) >= 11 is 0. The molecular weight excluding hydrogens is 364 g/mol. The second-order valence-electron chi connectivity index (χ2n) is 7.51. The van der Waals surface area contributed by atoms with E-state index in [1.165, 1.54) is 0 Å². The van der Waals surface area contributed by atoms with Gasteiger partial charge in [0.05, 0.1) is 11.4 Å². The maximum absolute atomic E-state index is 13.2. The Hall–Kier alpha value is -3.15. The Morgan fingerprint density at radius 1 is 1.14 bits per heavy atom. The molecule has 0 unspecified atom stereocenters. The van der Waals surface area contributed by atoms with Crippen LogP contribution in [-0.4, -0.2) is 39.4 Å². The van der Waals surface area contributed by atoms with E-state index < -0.39 is 0 Å². The van der Waals surface area contributed by atoms with Crippen molar-refractivity contribution in [3.05, 3.63) is 65.5 Å². The van der Waals surface area contributed by atoms with Crippen molar-refractivity contribution < 1.29 is 9.59 Å². The third-order valence-electron chi connectivity index (χ3n) is 5.17. The number of rotatable bonds is 6. The first-order valence-electron chi connectivity index (χ1n) is 9.79. The van der Waals surface area contributed by atoms with Crippen molar-refractivity contribution in [2.75, 3.05) is 18.0 Å². The average Bonchev–Trinajstić information content (AvgIpc) is 2.98. The van der Waals surface area contributed by atoms with Crippen LogP contribution in [0.15, 0.2) is 37.4 Å². The van der Waals surface area contributed by atoms with Crippen LogP contribution in [0, 0.1) is 27.7 Å². The van der Waals surface area contributed by atoms with E-state index in [4.69, 9.17) is 0 Å². The number of amides is 2. The molecule has 2 amide bonds. The van der Waals surface area contributed by atoms with Crippen molar-refractivity contribution >= 4 is 23.5 Å². The van der Waals surface area contributed by atoms with Crippen molar-refractivity contribution in [3.63, 3.8) is 0 Å². The normalized spacial score (nSPS) is 13.2. The molecule has 3 rings (SSSR count). The van der Waals surface area contributed by atoms with Gasteiger partial charge in [-0.3, -0.25) is 9.59 Å². The monoisotopic (exact) mass is 392 g/mol. The van der Waals surface area contributed by atoms with Gasteiger partial charge < -0.3 is 9.47 Å². The van der Waals surface area contributed by atoms with Gasteiger partial charge in [-0.25, -0.2) is 9.88 Å². The summed E-state index contributed by atoms with van der Waals surface area (Å²) in [5.74, 6) is 0.368. The van der Waals surface area contributed by atoms with Gasteiger partial charge in [0.25, 0.3) is 5.91 Å². The first kappa shape index (κ1) is 20.6. The molecule has 0 bridgehead atoms. The Labute approximate surface area is 172 Å². The van der Waals surface area contributed by atoms with E-state index in [1.54, 1.807) is 22.0 Å². The molecule has 0 radical (unpaired) electrons. The van der Waals surface area contributed by atoms with E-state index in [0.29, 0.717) is 43.4 Å². The van der Waals surface area contributed by atoms with Crippen LogP contribution in [0.3, 0.4) is 0 Å². The zero-order valence-electron chi connectivity index (χ0n) is 17.7. The predicted molar refractivity (Wildman–Crippen MR) is 116 cm³/mol. The number of aromatic nitrogens is 2. The summed E-state index contributed by atoms with van der Waals surface area (Å²) < 4.78 is 1.87. The van der Waals surface area contributed by atoms with Gasteiger partial charge >= 0.3 is 0 Å². The molecule has 0 aliphatic carbocycles. The smallest absolute Gasteiger partial charge is 0.273 e. The summed E-state index contributed by atoms with van der Waals surface area (Å²) in [6.07, 6.45) is 3.71. The van der Waals surface area contributed by atoms with Crippen LogP contribution in [0.2, 0.25) is 0 Å². The maximum atomic E-state index is 13.2. The minimum Gasteiger partial charge on any atom is -0.330 e. The lowest BCUT2D eigenvalue weighted by Crippen LogP contribution is -2.38. The highest BCUT2D eigenvalue weighted by Crippen LogP contribution is 2.36. The highest BCUT2D eigenvalue weighted by atomic mass is 16.2. The fraction of sp³-hybridized carbons (Fsp3) is 0.348. The van der Waals surface area contributed by atoms with Crippen LogP contribution >= 0.6 is 0 Å². The molecule has 1 aliphatic rings. The van der Waals surface area contributed by atoms with Gasteiger partial charge in [-0.15, -0.1) is 13.2 Å². The largest absolute Gasteiger partial charge is 0.330 e. The van der Waals surface area contributed by atoms with Crippen LogP contribution in [0.25, 0.3) is 0 Å². The molecule has 1 aromatic carbocycles. The van der Waals surface area contributed by atoms with Crippen LogP contribution in [0.5, 0.6) is 0 Å². The standard InChI is InChI=1S/C23H28N4O2/c1-7-10-25(11-8-2)22(29)21-18(6)24-23-26(21)12-9-19(28)27(23)20-16(4)13-15(3)14-17(20)5/h7-8,13-14H,1-2,9-12H2,3-6H3. The number of carbonyl (C=O) groups is 2. The number of hydrogen-bond acceptors (Lipinski definition) is 3. The minimum atomic E-state index is -0.132. The van der Waals surface area contributed by atoms with Crippen molar-refractivity contribution in [1.29, 1.82) is 0 Å². The molecule has 0 atom stereocenters. The summed E-state index contributed by atoms with van der Waals surface area (Å²) in [6, 6.07) is 4.12. The highest BCUT2D eigenvalue weighted by molar-refractivity contribution is 6.03. The number of hydrogen-bond donors (Lipinski definition) is 0. The van der Waals surface area contributed by atoms with Gasteiger partial charge in [-0.2, -0.15) is 0 Å². The zero-order chi connectivity index (χ0) is 21.3. The number of imidazole rings is 1. The average molecular weight is 393 g/mol. The van der Waals surface area contributed by atoms with E-state index >= 15 is 0 Å². The molecule has 2 heterocycles. The number of fused-ring (bicyclic) bond motifs is 1. The molecule has 6 heteroatoms. The van der Waals surface area contributed by atoms with E-state index in [9.17, 15) is 9.59 Å². The van der Waals surface area contributed by atoms with Gasteiger partial charge in [-0.1, -0.05) is 29.8 Å². The minimum absolute atomic E-state index is 0.00871. The van der Waals surface area contributed by atoms with E-state index in [0.717, 1.165) is 22.4 Å². The molecular formula is C23H28N4O2. The number of carbonyl (C=O) groups excluding carboxylic acids is 2. The summed E-state index contributed by atoms with van der Waals surface area (Å²) in [4.78, 5) is 34.2. The molecule has 0 saturated carbocycles. The summed E-state index contributed by atoms with van der Waals surface area (Å²) in [5, 5.41) is 0. The Morgan fingerprint density at radius 3 is 2.28 bits per heavy atom. The van der Waals surface area contributed by atoms with Gasteiger partial charge in [0, 0.05) is 26.1 Å². The van der Waals surface area contributed by atoms with Crippen LogP contribution in [-0.2, 0) is 11.3 Å². The predicted octanol–water partition coefficient (Wildman–Crippen LogP) is 4.00. The molecule has 0 spiro atoms. The Morgan fingerprint density at radius 2 is 1.72 bits per heavy atom. The van der Waals surface area contributed by atoms with Crippen LogP contribution < -0.4 is 4.90 Å². The Kier molecular flexibility index (Phi) is 5.73. The maximum Gasteiger partial charge on any atom is 0.273 e. The van der Waals surface area contributed by atoms with Crippen molar-refractivity contribution in [2.24, 2.45) is 0 Å². The fourth-order valence-electron chi connectivity index (χ4n) is 4.09. The van der Waals surface area contributed by atoms with Crippen LogP contribution in [0.4, 0.5) is 11.6 Å². The highest BCUT2D eigenvalue weighted by Gasteiger charge is 2.34. The fourth-order valence-corrected chi connectivity index (χ4v) is 4.09. The summed E-state index contributed by atoms with van der Waals surface area (Å²) in [5.41, 5.74) is 5.15. The van der Waals surface area contributed by atoms with Gasteiger partial charge in [0.2, 0.25) is 11.9 Å². The summed E-state index contributed by atoms with van der Waals surface area (Å²) in [6.45, 7) is 16.6. The first-order valence-corrected chi connectivity index (χ1v) is 9.79. The lowest BCUT2D eigenvalue weighted by molar-refractivity contribution is -0.118. The number of nitrogens with zero attached hydrogens (tertiary/aromatic N) is 4. The molecule has 6 nitrogen and oxygen atoms in total. The second kappa shape index (κ2) is 8.07. The third-order valence-corrected chi connectivity index (χ3v) is 5.17. The molecule has 0 N–H and O–H groups in total. The molecule has 29 heavy (non-hydrogen) atoms. The first-order chi connectivity index (χ1) is 13.8. The zero-order valence-corrected chi connectivity index (χ0v) is 17.7. The second-order valence-corrected chi connectivity index (χ2v) is 7.51. The van der Waals surface area contributed by atoms with Crippen molar-refractivity contribution in [2.45, 2.75) is 40.7 Å². The van der Waals surface area contributed by atoms with Gasteiger partial charge in [0.1, 0.15) is 5.69 Å². The Bertz CT molecular complexity index is 970. The molecule has 0 fully saturated rings. The quantitative estimate of drug-likeness (QED) is 0.698. The number of benzene rings is 1. The lowest BCUT2D eigenvalue weighted by Gasteiger charge is -2.31. The lowest BCUT2D eigenvalue weighted by atomic mass is 10.0. The van der Waals surface area contributed by atoms with Gasteiger partial charge in [-0.05, 0) is 38.8 Å². The molecule has 1 aliphatic heterocycles. The molecule has 152 valence electrons. The molecule has 1 aromatic heterocycles. The molecule has 0 saturated heterocycles. The molecule has 2 aromatic rings. The van der Waals surface area contributed by atoms with Crippen molar-refractivity contribution in [1.82, 2.24) is 14.5 Å². The third kappa shape index (κ3) is 3.62.